The van der Waals surface area contributed by atoms with Crippen LogP contribution in [0.2, 0.25) is 0 Å². The molecule has 3 aromatic rings. The number of anilines is 1. The van der Waals surface area contributed by atoms with Gasteiger partial charge in [-0.05, 0) is 35.7 Å². The molecule has 0 fully saturated rings. The van der Waals surface area contributed by atoms with Crippen LogP contribution in [0.4, 0.5) is 5.69 Å². The highest BCUT2D eigenvalue weighted by Crippen LogP contribution is 2.27. The highest BCUT2D eigenvalue weighted by Gasteiger charge is 2.15. The minimum atomic E-state index is -0.626. The summed E-state index contributed by atoms with van der Waals surface area (Å²) < 4.78 is 5.11. The average molecular weight is 431 g/mol. The van der Waals surface area contributed by atoms with Crippen molar-refractivity contribution in [3.63, 3.8) is 0 Å². The van der Waals surface area contributed by atoms with Crippen LogP contribution in [0.15, 0.2) is 84.9 Å². The van der Waals surface area contributed by atoms with Crippen LogP contribution in [0, 0.1) is 0 Å². The Morgan fingerprint density at radius 2 is 1.47 bits per heavy atom. The zero-order valence-corrected chi connectivity index (χ0v) is 17.9. The largest absolute Gasteiger partial charge is 0.452 e. The van der Waals surface area contributed by atoms with Crippen molar-refractivity contribution in [2.75, 3.05) is 18.5 Å². The van der Waals surface area contributed by atoms with E-state index >= 15 is 0 Å². The maximum Gasteiger partial charge on any atom is 0.338 e. The fourth-order valence-corrected chi connectivity index (χ4v) is 3.45. The normalized spacial score (nSPS) is 10.4. The molecular formula is C26H26N2O4. The second-order valence-electron chi connectivity index (χ2n) is 7.35. The van der Waals surface area contributed by atoms with E-state index in [1.807, 2.05) is 36.4 Å². The third-order valence-electron chi connectivity index (χ3n) is 4.91. The van der Waals surface area contributed by atoms with E-state index in [0.29, 0.717) is 18.7 Å². The van der Waals surface area contributed by atoms with Crippen molar-refractivity contribution in [3.05, 3.63) is 102 Å². The van der Waals surface area contributed by atoms with Gasteiger partial charge in [0.1, 0.15) is 0 Å². The number of benzene rings is 3. The number of ether oxygens (including phenoxy) is 1. The van der Waals surface area contributed by atoms with E-state index in [-0.39, 0.29) is 29.9 Å². The Kier molecular flexibility index (Phi) is 8.15. The predicted octanol–water partition coefficient (Wildman–Crippen LogP) is 4.14. The van der Waals surface area contributed by atoms with Gasteiger partial charge in [-0.15, -0.1) is 0 Å². The lowest BCUT2D eigenvalue weighted by molar-refractivity contribution is -0.124. The molecule has 6 nitrogen and oxygen atoms in total. The number of carbonyl (C=O) groups excluding carboxylic acids is 3. The number of nitrogens with one attached hydrogen (secondary N) is 2. The molecule has 2 amide bonds. The molecule has 0 bridgehead atoms. The van der Waals surface area contributed by atoms with Crippen LogP contribution in [-0.4, -0.2) is 30.9 Å². The molecule has 32 heavy (non-hydrogen) atoms. The lowest BCUT2D eigenvalue weighted by Gasteiger charge is -2.18. The second-order valence-corrected chi connectivity index (χ2v) is 7.35. The van der Waals surface area contributed by atoms with Gasteiger partial charge in [-0.25, -0.2) is 4.79 Å². The van der Waals surface area contributed by atoms with Gasteiger partial charge < -0.3 is 15.4 Å². The highest BCUT2D eigenvalue weighted by molar-refractivity contribution is 5.94. The summed E-state index contributed by atoms with van der Waals surface area (Å²) in [5.74, 6) is -1.08. The van der Waals surface area contributed by atoms with Gasteiger partial charge in [0.2, 0.25) is 5.91 Å². The summed E-state index contributed by atoms with van der Waals surface area (Å²) in [5, 5.41) is 5.43. The first-order valence-corrected chi connectivity index (χ1v) is 10.4. The first-order valence-electron chi connectivity index (χ1n) is 10.4. The van der Waals surface area contributed by atoms with Crippen LogP contribution in [0.3, 0.4) is 0 Å². The van der Waals surface area contributed by atoms with E-state index in [1.165, 1.54) is 24.1 Å². The number of rotatable bonds is 9. The van der Waals surface area contributed by atoms with E-state index in [9.17, 15) is 14.4 Å². The molecule has 0 saturated heterocycles. The zero-order valence-electron chi connectivity index (χ0n) is 17.9. The van der Waals surface area contributed by atoms with Gasteiger partial charge in [-0.3, -0.25) is 9.59 Å². The standard InChI is InChI=1S/C26H26N2O4/c1-19(29)28-23-14-8-13-22(17-23)26(31)32-18-25(30)27-16-15-24(20-9-4-2-5-10-20)21-11-6-3-7-12-21/h2-14,17,24H,15-16,18H2,1H3,(H,27,30)(H,28,29). The van der Waals surface area contributed by atoms with E-state index in [2.05, 4.69) is 34.9 Å². The predicted molar refractivity (Wildman–Crippen MR) is 123 cm³/mol. The minimum absolute atomic E-state index is 0.150. The van der Waals surface area contributed by atoms with Gasteiger partial charge in [-0.1, -0.05) is 66.7 Å². The molecule has 0 spiro atoms. The van der Waals surface area contributed by atoms with Crippen LogP contribution in [-0.2, 0) is 14.3 Å². The Balaban J connectivity index is 1.51. The molecule has 0 saturated carbocycles. The van der Waals surface area contributed by atoms with Crippen molar-refractivity contribution in [3.8, 4) is 0 Å². The van der Waals surface area contributed by atoms with Crippen LogP contribution in [0.25, 0.3) is 0 Å². The molecule has 3 aromatic carbocycles. The molecule has 2 N–H and O–H groups in total. The van der Waals surface area contributed by atoms with E-state index < -0.39 is 5.97 Å². The van der Waals surface area contributed by atoms with Crippen LogP contribution >= 0.6 is 0 Å². The van der Waals surface area contributed by atoms with E-state index in [4.69, 9.17) is 4.74 Å². The second kappa shape index (κ2) is 11.5. The lowest BCUT2D eigenvalue weighted by Crippen LogP contribution is -2.30. The smallest absolute Gasteiger partial charge is 0.338 e. The Bertz CT molecular complexity index is 1010. The summed E-state index contributed by atoms with van der Waals surface area (Å²) in [7, 11) is 0. The fraction of sp³-hybridized carbons (Fsp3) is 0.192. The van der Waals surface area contributed by atoms with E-state index in [0.717, 1.165) is 0 Å². The molecule has 0 aromatic heterocycles. The van der Waals surface area contributed by atoms with Crippen molar-refractivity contribution in [1.29, 1.82) is 0 Å². The first-order chi connectivity index (χ1) is 15.5. The SMILES string of the molecule is CC(=O)Nc1cccc(C(=O)OCC(=O)NCCC(c2ccccc2)c2ccccc2)c1. The molecule has 0 atom stereocenters. The lowest BCUT2D eigenvalue weighted by atomic mass is 9.88. The molecule has 6 heteroatoms. The first kappa shape index (κ1) is 22.7. The summed E-state index contributed by atoms with van der Waals surface area (Å²) in [6, 6.07) is 26.7. The summed E-state index contributed by atoms with van der Waals surface area (Å²) in [5.41, 5.74) is 3.11. The van der Waals surface area contributed by atoms with Gasteiger partial charge in [0.15, 0.2) is 6.61 Å². The Morgan fingerprint density at radius 3 is 2.06 bits per heavy atom. The quantitative estimate of drug-likeness (QED) is 0.500. The zero-order chi connectivity index (χ0) is 22.8. The van der Waals surface area contributed by atoms with Crippen molar-refractivity contribution >= 4 is 23.5 Å². The van der Waals surface area contributed by atoms with Crippen molar-refractivity contribution in [2.45, 2.75) is 19.3 Å². The highest BCUT2D eigenvalue weighted by atomic mass is 16.5. The van der Waals surface area contributed by atoms with Crippen LogP contribution < -0.4 is 10.6 Å². The van der Waals surface area contributed by atoms with Gasteiger partial charge in [0, 0.05) is 25.1 Å². The third-order valence-corrected chi connectivity index (χ3v) is 4.91. The molecule has 3 rings (SSSR count). The molecular weight excluding hydrogens is 404 g/mol. The minimum Gasteiger partial charge on any atom is -0.452 e. The topological polar surface area (TPSA) is 84.5 Å². The molecule has 164 valence electrons. The number of esters is 1. The third kappa shape index (κ3) is 6.80. The monoisotopic (exact) mass is 430 g/mol. The van der Waals surface area contributed by atoms with Crippen molar-refractivity contribution in [1.82, 2.24) is 5.32 Å². The van der Waals surface area contributed by atoms with Gasteiger partial charge >= 0.3 is 5.97 Å². The van der Waals surface area contributed by atoms with Crippen LogP contribution in [0.5, 0.6) is 0 Å². The number of amides is 2. The summed E-state index contributed by atoms with van der Waals surface area (Å²) >= 11 is 0. The number of carbonyl (C=O) groups is 3. The molecule has 0 radical (unpaired) electrons. The maximum atomic E-state index is 12.2. The van der Waals surface area contributed by atoms with Gasteiger partial charge in [0.25, 0.3) is 5.91 Å². The van der Waals surface area contributed by atoms with Gasteiger partial charge in [0.05, 0.1) is 5.56 Å². The summed E-state index contributed by atoms with van der Waals surface area (Å²) in [6.07, 6.45) is 0.715. The van der Waals surface area contributed by atoms with Crippen LogP contribution in [0.1, 0.15) is 40.7 Å². The van der Waals surface area contributed by atoms with Crippen molar-refractivity contribution < 1.29 is 19.1 Å². The number of hydrogen-bond acceptors (Lipinski definition) is 4. The van der Waals surface area contributed by atoms with Crippen molar-refractivity contribution in [2.24, 2.45) is 0 Å². The molecule has 0 aliphatic carbocycles. The Hall–Kier alpha value is -3.93. The Morgan fingerprint density at radius 1 is 0.844 bits per heavy atom. The maximum absolute atomic E-state index is 12.2. The fourth-order valence-electron chi connectivity index (χ4n) is 3.45. The molecule has 0 heterocycles. The molecule has 0 unspecified atom stereocenters. The summed E-state index contributed by atoms with van der Waals surface area (Å²) in [6.45, 7) is 1.46. The molecule has 0 aliphatic rings. The summed E-state index contributed by atoms with van der Waals surface area (Å²) in [4.78, 5) is 35.6. The van der Waals surface area contributed by atoms with Gasteiger partial charge in [-0.2, -0.15) is 0 Å². The number of hydrogen-bond donors (Lipinski definition) is 2. The average Bonchev–Trinajstić information content (AvgIpc) is 2.81. The molecule has 0 aliphatic heterocycles. The Labute approximate surface area is 187 Å². The van der Waals surface area contributed by atoms with E-state index in [1.54, 1.807) is 18.2 Å².